The maximum absolute atomic E-state index is 11.6. The number of rotatable bonds is 4. The average molecular weight is 372 g/mol. The molecule has 1 N–H and O–H groups in total. The maximum atomic E-state index is 11.6. The quantitative estimate of drug-likeness (QED) is 0.877. The minimum atomic E-state index is -3.13. The highest BCUT2D eigenvalue weighted by molar-refractivity contribution is 7.88. The van der Waals surface area contributed by atoms with E-state index in [0.717, 1.165) is 12.8 Å². The summed E-state index contributed by atoms with van der Waals surface area (Å²) in [5, 5.41) is 4.61. The summed E-state index contributed by atoms with van der Waals surface area (Å²) in [4.78, 5) is 0. The molecule has 0 aliphatic carbocycles. The summed E-state index contributed by atoms with van der Waals surface area (Å²) in [5.74, 6) is 0.233. The van der Waals surface area contributed by atoms with Crippen LogP contribution >= 0.6 is 34.8 Å². The Morgan fingerprint density at radius 2 is 1.90 bits per heavy atom. The summed E-state index contributed by atoms with van der Waals surface area (Å²) < 4.78 is 24.7. The zero-order valence-corrected chi connectivity index (χ0v) is 14.7. The molecule has 8 heteroatoms. The van der Waals surface area contributed by atoms with E-state index in [9.17, 15) is 8.42 Å². The maximum Gasteiger partial charge on any atom is 0.211 e. The highest BCUT2D eigenvalue weighted by Crippen LogP contribution is 2.34. The molecule has 4 nitrogen and oxygen atoms in total. The van der Waals surface area contributed by atoms with E-state index in [1.807, 2.05) is 0 Å². The largest absolute Gasteiger partial charge is 0.382 e. The molecule has 1 aromatic carbocycles. The van der Waals surface area contributed by atoms with Gasteiger partial charge in [0.1, 0.15) is 0 Å². The Labute approximate surface area is 140 Å². The Balaban J connectivity index is 2.00. The van der Waals surface area contributed by atoms with Crippen LogP contribution in [-0.4, -0.2) is 38.6 Å². The molecule has 21 heavy (non-hydrogen) atoms. The fourth-order valence-electron chi connectivity index (χ4n) is 2.45. The zero-order valence-electron chi connectivity index (χ0n) is 11.6. The fourth-order valence-corrected chi connectivity index (χ4v) is 4.35. The van der Waals surface area contributed by atoms with Crippen LogP contribution in [0.2, 0.25) is 15.1 Å². The van der Waals surface area contributed by atoms with Crippen molar-refractivity contribution >= 4 is 50.5 Å². The molecule has 0 saturated carbocycles. The van der Waals surface area contributed by atoms with E-state index in [0.29, 0.717) is 40.4 Å². The lowest BCUT2D eigenvalue weighted by Crippen LogP contribution is -2.41. The van der Waals surface area contributed by atoms with Crippen molar-refractivity contribution in [1.82, 2.24) is 4.31 Å². The molecule has 2 rings (SSSR count). The van der Waals surface area contributed by atoms with E-state index in [1.54, 1.807) is 12.1 Å². The second-order valence-electron chi connectivity index (χ2n) is 5.25. The SMILES string of the molecule is CS(=O)(=O)N1CCCC(CNc2c(Cl)cc(Cl)cc2Cl)C1. The van der Waals surface area contributed by atoms with Crippen molar-refractivity contribution in [2.75, 3.05) is 31.2 Å². The van der Waals surface area contributed by atoms with Gasteiger partial charge in [0.05, 0.1) is 22.0 Å². The first-order chi connectivity index (χ1) is 9.77. The van der Waals surface area contributed by atoms with Crippen molar-refractivity contribution < 1.29 is 8.42 Å². The molecular formula is C13H17Cl3N2O2S. The Morgan fingerprint density at radius 1 is 1.29 bits per heavy atom. The Hall–Kier alpha value is -0.200. The molecule has 1 aromatic rings. The number of hydrogen-bond acceptors (Lipinski definition) is 3. The zero-order chi connectivity index (χ0) is 15.6. The molecule has 118 valence electrons. The normalized spacial score (nSPS) is 20.5. The van der Waals surface area contributed by atoms with Crippen molar-refractivity contribution in [1.29, 1.82) is 0 Å². The van der Waals surface area contributed by atoms with E-state index in [1.165, 1.54) is 10.6 Å². The van der Waals surface area contributed by atoms with Gasteiger partial charge in [-0.3, -0.25) is 0 Å². The third-order valence-electron chi connectivity index (χ3n) is 3.53. The molecule has 1 atom stereocenters. The van der Waals surface area contributed by atoms with Gasteiger partial charge in [-0.2, -0.15) is 0 Å². The molecular weight excluding hydrogens is 355 g/mol. The van der Waals surface area contributed by atoms with E-state index in [2.05, 4.69) is 5.32 Å². The second kappa shape index (κ2) is 6.92. The number of benzene rings is 1. The van der Waals surface area contributed by atoms with Crippen molar-refractivity contribution in [3.05, 3.63) is 27.2 Å². The summed E-state index contributed by atoms with van der Waals surface area (Å²) in [6, 6.07) is 3.25. The molecule has 1 unspecified atom stereocenters. The summed E-state index contributed by atoms with van der Waals surface area (Å²) >= 11 is 18.1. The van der Waals surface area contributed by atoms with E-state index in [4.69, 9.17) is 34.8 Å². The number of nitrogens with zero attached hydrogens (tertiary/aromatic N) is 1. The van der Waals surface area contributed by atoms with Gasteiger partial charge in [-0.05, 0) is 30.9 Å². The van der Waals surface area contributed by atoms with Gasteiger partial charge in [-0.15, -0.1) is 0 Å². The highest BCUT2D eigenvalue weighted by Gasteiger charge is 2.25. The highest BCUT2D eigenvalue weighted by atomic mass is 35.5. The predicted molar refractivity (Wildman–Crippen MR) is 89.1 cm³/mol. The van der Waals surface area contributed by atoms with Crippen LogP contribution in [0.25, 0.3) is 0 Å². The monoisotopic (exact) mass is 370 g/mol. The van der Waals surface area contributed by atoms with Crippen LogP contribution in [0, 0.1) is 5.92 Å². The second-order valence-corrected chi connectivity index (χ2v) is 8.49. The summed E-state index contributed by atoms with van der Waals surface area (Å²) in [5.41, 5.74) is 0.638. The lowest BCUT2D eigenvalue weighted by Gasteiger charge is -2.31. The first kappa shape index (κ1) is 17.2. The smallest absolute Gasteiger partial charge is 0.211 e. The molecule has 1 fully saturated rings. The van der Waals surface area contributed by atoms with Gasteiger partial charge in [0, 0.05) is 24.7 Å². The fraction of sp³-hybridized carbons (Fsp3) is 0.538. The molecule has 0 bridgehead atoms. The van der Waals surface area contributed by atoms with Crippen LogP contribution in [0.5, 0.6) is 0 Å². The van der Waals surface area contributed by atoms with Crippen LogP contribution in [0.1, 0.15) is 12.8 Å². The number of nitrogens with one attached hydrogen (secondary N) is 1. The van der Waals surface area contributed by atoms with Gasteiger partial charge >= 0.3 is 0 Å². The van der Waals surface area contributed by atoms with Crippen molar-refractivity contribution in [2.24, 2.45) is 5.92 Å². The Bertz CT molecular complexity index is 599. The molecule has 0 spiro atoms. The van der Waals surface area contributed by atoms with E-state index >= 15 is 0 Å². The minimum absolute atomic E-state index is 0.233. The summed E-state index contributed by atoms with van der Waals surface area (Å²) in [6.45, 7) is 1.74. The molecule has 1 aliphatic heterocycles. The average Bonchev–Trinajstić information content (AvgIpc) is 2.36. The van der Waals surface area contributed by atoms with Gasteiger partial charge in [0.25, 0.3) is 0 Å². The van der Waals surface area contributed by atoms with Crippen molar-refractivity contribution in [2.45, 2.75) is 12.8 Å². The minimum Gasteiger partial charge on any atom is -0.382 e. The Morgan fingerprint density at radius 3 is 2.48 bits per heavy atom. The predicted octanol–water partition coefficient (Wildman–Crippen LogP) is 3.73. The molecule has 0 amide bonds. The van der Waals surface area contributed by atoms with Crippen molar-refractivity contribution in [3.63, 3.8) is 0 Å². The van der Waals surface area contributed by atoms with E-state index < -0.39 is 10.0 Å². The molecule has 0 aromatic heterocycles. The van der Waals surface area contributed by atoms with Gasteiger partial charge in [0.2, 0.25) is 10.0 Å². The van der Waals surface area contributed by atoms with Crippen LogP contribution in [0.4, 0.5) is 5.69 Å². The van der Waals surface area contributed by atoms with Gasteiger partial charge < -0.3 is 5.32 Å². The van der Waals surface area contributed by atoms with Gasteiger partial charge in [-0.1, -0.05) is 34.8 Å². The first-order valence-electron chi connectivity index (χ1n) is 6.61. The topological polar surface area (TPSA) is 49.4 Å². The van der Waals surface area contributed by atoms with Gasteiger partial charge in [-0.25, -0.2) is 12.7 Å². The molecule has 1 saturated heterocycles. The van der Waals surface area contributed by atoms with Crippen molar-refractivity contribution in [3.8, 4) is 0 Å². The summed E-state index contributed by atoms with van der Waals surface area (Å²) in [7, 11) is -3.13. The molecule has 1 heterocycles. The van der Waals surface area contributed by atoms with E-state index in [-0.39, 0.29) is 5.92 Å². The Kier molecular flexibility index (Phi) is 5.65. The number of sulfonamides is 1. The number of anilines is 1. The molecule has 0 radical (unpaired) electrons. The number of hydrogen-bond donors (Lipinski definition) is 1. The van der Waals surface area contributed by atoms with Crippen LogP contribution < -0.4 is 5.32 Å². The lowest BCUT2D eigenvalue weighted by atomic mass is 9.99. The molecule has 1 aliphatic rings. The van der Waals surface area contributed by atoms with Crippen LogP contribution in [0.3, 0.4) is 0 Å². The third kappa shape index (κ3) is 4.63. The third-order valence-corrected chi connectivity index (χ3v) is 5.61. The van der Waals surface area contributed by atoms with Crippen LogP contribution in [0.15, 0.2) is 12.1 Å². The van der Waals surface area contributed by atoms with Gasteiger partial charge in [0.15, 0.2) is 0 Å². The number of halogens is 3. The van der Waals surface area contributed by atoms with Crippen LogP contribution in [-0.2, 0) is 10.0 Å². The standard InChI is InChI=1S/C13H17Cl3N2O2S/c1-21(19,20)18-4-2-3-9(8-18)7-17-13-11(15)5-10(14)6-12(13)16/h5-6,9,17H,2-4,7-8H2,1H3. The number of piperidine rings is 1. The lowest BCUT2D eigenvalue weighted by molar-refractivity contribution is 0.277. The first-order valence-corrected chi connectivity index (χ1v) is 9.59. The summed E-state index contributed by atoms with van der Waals surface area (Å²) in [6.07, 6.45) is 3.08.